The zero-order chi connectivity index (χ0) is 9.90. The van der Waals surface area contributed by atoms with Crippen molar-refractivity contribution in [1.29, 1.82) is 0 Å². The van der Waals surface area contributed by atoms with Gasteiger partial charge in [0, 0.05) is 6.07 Å². The molecule has 13 heavy (non-hydrogen) atoms. The number of nitrogens with one attached hydrogen (secondary N) is 1. The fourth-order valence-corrected chi connectivity index (χ4v) is 1.13. The summed E-state index contributed by atoms with van der Waals surface area (Å²) in [6.45, 7) is 1.17. The van der Waals surface area contributed by atoms with Crippen LogP contribution in [0.5, 0.6) is 5.88 Å². The van der Waals surface area contributed by atoms with Gasteiger partial charge in [0.05, 0.1) is 12.4 Å². The Morgan fingerprint density at radius 1 is 1.62 bits per heavy atom. The van der Waals surface area contributed by atoms with Gasteiger partial charge in [0.1, 0.15) is 0 Å². The molecule has 7 heteroatoms. The third kappa shape index (κ3) is 3.09. The van der Waals surface area contributed by atoms with Gasteiger partial charge >= 0.3 is 5.80 Å². The molecule has 0 aliphatic heterocycles. The molecule has 0 fully saturated rings. The molecule has 1 N–H and O–H groups in total. The van der Waals surface area contributed by atoms with Gasteiger partial charge in [0.25, 0.3) is 0 Å². The summed E-state index contributed by atoms with van der Waals surface area (Å²) in [7, 11) is -2.45. The molecule has 0 atom stereocenters. The van der Waals surface area contributed by atoms with Crippen molar-refractivity contribution in [3.05, 3.63) is 12.3 Å². The van der Waals surface area contributed by atoms with Crippen molar-refractivity contribution in [3.8, 4) is 5.88 Å². The first kappa shape index (κ1) is 10.1. The van der Waals surface area contributed by atoms with Crippen LogP contribution in [0.1, 0.15) is 0 Å². The summed E-state index contributed by atoms with van der Waals surface area (Å²) in [5, 5.41) is 5.96. The van der Waals surface area contributed by atoms with Crippen molar-refractivity contribution in [2.24, 2.45) is 0 Å². The van der Waals surface area contributed by atoms with Crippen LogP contribution in [0.25, 0.3) is 0 Å². The van der Waals surface area contributed by atoms with Crippen LogP contribution in [-0.4, -0.2) is 31.0 Å². The molecule has 73 valence electrons. The van der Waals surface area contributed by atoms with Crippen LogP contribution in [0.3, 0.4) is 0 Å². The molecule has 1 heterocycles. The molecule has 3 nitrogen and oxygen atoms in total. The van der Waals surface area contributed by atoms with Crippen molar-refractivity contribution in [2.45, 2.75) is 12.3 Å². The molecule has 0 spiro atoms. The zero-order valence-electron chi connectivity index (χ0n) is 6.85. The highest BCUT2D eigenvalue weighted by molar-refractivity contribution is 6.59. The van der Waals surface area contributed by atoms with Gasteiger partial charge in [0.15, 0.2) is 0 Å². The maximum atomic E-state index is 12.0. The second kappa shape index (κ2) is 3.82. The Labute approximate surface area is 74.5 Å². The van der Waals surface area contributed by atoms with E-state index in [0.29, 0.717) is 0 Å². The zero-order valence-corrected chi connectivity index (χ0v) is 7.85. The summed E-state index contributed by atoms with van der Waals surface area (Å²) < 4.78 is 40.9. The number of rotatable bonds is 3. The Hall–Kier alpha value is -0.983. The first-order chi connectivity index (χ1) is 6.00. The summed E-state index contributed by atoms with van der Waals surface area (Å²) >= 11 is 0. The van der Waals surface area contributed by atoms with Crippen LogP contribution < -0.4 is 4.74 Å². The van der Waals surface area contributed by atoms with Crippen molar-refractivity contribution in [1.82, 2.24) is 10.2 Å². The lowest BCUT2D eigenvalue weighted by atomic mass is 10.7. The molecule has 0 bridgehead atoms. The van der Waals surface area contributed by atoms with Crippen LogP contribution in [-0.2, 0) is 0 Å². The largest absolute Gasteiger partial charge is 0.482 e. The number of halogens is 3. The highest BCUT2D eigenvalue weighted by Crippen LogP contribution is 2.19. The lowest BCUT2D eigenvalue weighted by Gasteiger charge is -2.12. The van der Waals surface area contributed by atoms with Gasteiger partial charge in [-0.15, -0.1) is 0 Å². The summed E-state index contributed by atoms with van der Waals surface area (Å²) in [6, 6.07) is 1.48. The van der Waals surface area contributed by atoms with Gasteiger partial charge in [0.2, 0.25) is 14.7 Å². The first-order valence-electron chi connectivity index (χ1n) is 3.52. The molecule has 1 rings (SSSR count). The van der Waals surface area contributed by atoms with Crippen molar-refractivity contribution in [3.63, 3.8) is 0 Å². The van der Waals surface area contributed by atoms with Crippen LogP contribution in [0.4, 0.5) is 13.2 Å². The van der Waals surface area contributed by atoms with E-state index in [4.69, 9.17) is 4.74 Å². The van der Waals surface area contributed by atoms with E-state index < -0.39 is 14.6 Å². The maximum absolute atomic E-state index is 12.0. The second-order valence-electron chi connectivity index (χ2n) is 2.49. The van der Waals surface area contributed by atoms with Gasteiger partial charge in [-0.25, -0.2) is 5.10 Å². The van der Waals surface area contributed by atoms with Crippen LogP contribution in [0, 0.1) is 0 Å². The third-order valence-electron chi connectivity index (χ3n) is 1.40. The molecular weight excluding hydrogens is 201 g/mol. The van der Waals surface area contributed by atoms with E-state index in [2.05, 4.69) is 10.2 Å². The number of alkyl halides is 3. The quantitative estimate of drug-likeness (QED) is 0.767. The molecule has 0 aliphatic carbocycles. The highest BCUT2D eigenvalue weighted by atomic mass is 28.3. The summed E-state index contributed by atoms with van der Waals surface area (Å²) in [5.74, 6) is -3.83. The highest BCUT2D eigenvalue weighted by Gasteiger charge is 2.38. The average Bonchev–Trinajstić information content (AvgIpc) is 2.50. The van der Waals surface area contributed by atoms with Gasteiger partial charge in [-0.05, 0) is 0 Å². The van der Waals surface area contributed by atoms with Crippen LogP contribution in [0.15, 0.2) is 12.3 Å². The van der Waals surface area contributed by atoms with E-state index in [0.717, 1.165) is 0 Å². The second-order valence-corrected chi connectivity index (χ2v) is 4.90. The predicted molar refractivity (Wildman–Crippen MR) is 41.8 cm³/mol. The standard InChI is InChI=1S/C6H8F3N2OSi/c1-13(6(7,8)9)4-12-5-2-3-10-11-5/h2-3H,4H2,1H3,(H,10,11). The van der Waals surface area contributed by atoms with E-state index >= 15 is 0 Å². The van der Waals surface area contributed by atoms with E-state index in [1.807, 2.05) is 0 Å². The Morgan fingerprint density at radius 3 is 2.77 bits per heavy atom. The number of ether oxygens (including phenoxy) is 1. The van der Waals surface area contributed by atoms with Gasteiger partial charge in [-0.2, -0.15) is 18.3 Å². The van der Waals surface area contributed by atoms with Crippen molar-refractivity contribution >= 4 is 8.80 Å². The first-order valence-corrected chi connectivity index (χ1v) is 5.72. The van der Waals surface area contributed by atoms with E-state index in [9.17, 15) is 13.2 Å². The van der Waals surface area contributed by atoms with E-state index in [1.165, 1.54) is 18.8 Å². The monoisotopic (exact) mass is 209 g/mol. The van der Waals surface area contributed by atoms with E-state index in [-0.39, 0.29) is 12.1 Å². The average molecular weight is 209 g/mol. The van der Waals surface area contributed by atoms with Gasteiger partial charge < -0.3 is 4.74 Å². The topological polar surface area (TPSA) is 37.9 Å². The summed E-state index contributed by atoms with van der Waals surface area (Å²) in [6.07, 6.45) is 1.13. The molecule has 1 aromatic heterocycles. The SMILES string of the molecule is C[Si](COc1ccn[nH]1)C(F)(F)F. The molecule has 1 aromatic rings. The smallest absolute Gasteiger partial charge is 0.363 e. The number of aromatic amines is 1. The van der Waals surface area contributed by atoms with E-state index in [1.54, 1.807) is 0 Å². The summed E-state index contributed by atoms with van der Waals surface area (Å²) in [5.41, 5.74) is 0. The molecule has 1 radical (unpaired) electrons. The number of hydrogen-bond acceptors (Lipinski definition) is 2. The fraction of sp³-hybridized carbons (Fsp3) is 0.500. The Bertz CT molecular complexity index is 249. The van der Waals surface area contributed by atoms with Crippen LogP contribution in [0.2, 0.25) is 6.55 Å². The molecule has 0 unspecified atom stereocenters. The van der Waals surface area contributed by atoms with Gasteiger partial charge in [-0.3, -0.25) is 0 Å². The molecular formula is C6H8F3N2OSi. The molecule has 0 saturated carbocycles. The van der Waals surface area contributed by atoms with Crippen LogP contribution >= 0.6 is 0 Å². The van der Waals surface area contributed by atoms with Gasteiger partial charge in [-0.1, -0.05) is 6.55 Å². The minimum Gasteiger partial charge on any atom is -0.482 e. The lowest BCUT2D eigenvalue weighted by molar-refractivity contribution is -0.0530. The predicted octanol–water partition coefficient (Wildman–Crippen LogP) is 1.55. The molecule has 0 amide bonds. The number of H-pyrrole nitrogens is 1. The normalized spacial score (nSPS) is 12.1. The molecule has 0 aliphatic rings. The third-order valence-corrected chi connectivity index (χ3v) is 2.95. The summed E-state index contributed by atoms with van der Waals surface area (Å²) in [4.78, 5) is 0. The molecule has 0 aromatic carbocycles. The lowest BCUT2D eigenvalue weighted by Crippen LogP contribution is -2.36. The number of hydrogen-bond donors (Lipinski definition) is 1. The Balaban J connectivity index is 2.35. The minimum atomic E-state index is -4.11. The maximum Gasteiger partial charge on any atom is 0.363 e. The Kier molecular flexibility index (Phi) is 2.97. The number of nitrogens with zero attached hydrogens (tertiary/aromatic N) is 1. The fourth-order valence-electron chi connectivity index (χ4n) is 0.591. The molecule has 0 saturated heterocycles. The van der Waals surface area contributed by atoms with Crippen molar-refractivity contribution < 1.29 is 17.9 Å². The minimum absolute atomic E-state index is 0.272. The Morgan fingerprint density at radius 2 is 2.31 bits per heavy atom. The van der Waals surface area contributed by atoms with Crippen molar-refractivity contribution in [2.75, 3.05) is 6.23 Å². The number of aromatic nitrogens is 2.